The number of amides is 2. The maximum absolute atomic E-state index is 13.6. The van der Waals surface area contributed by atoms with E-state index in [9.17, 15) is 18.8 Å². The van der Waals surface area contributed by atoms with E-state index >= 15 is 0 Å². The normalized spacial score (nSPS) is 24.3. The number of morpholine rings is 1. The molecule has 1 saturated carbocycles. The highest BCUT2D eigenvalue weighted by Gasteiger charge is 2.39. The molecule has 0 aromatic heterocycles. The molecule has 8 heteroatoms. The Morgan fingerprint density at radius 2 is 2.07 bits per heavy atom. The number of carbonyl (C=O) groups is 3. The maximum atomic E-state index is 13.6. The van der Waals surface area contributed by atoms with Gasteiger partial charge in [-0.05, 0) is 37.5 Å². The van der Waals surface area contributed by atoms with E-state index in [4.69, 9.17) is 9.47 Å². The number of nitrogens with one attached hydrogen (secondary N) is 1. The van der Waals surface area contributed by atoms with Crippen LogP contribution < -0.4 is 5.32 Å². The van der Waals surface area contributed by atoms with Crippen LogP contribution in [-0.2, 0) is 19.1 Å². The van der Waals surface area contributed by atoms with E-state index in [1.807, 2.05) is 13.8 Å². The average molecular weight is 378 g/mol. The Morgan fingerprint density at radius 1 is 1.33 bits per heavy atom. The van der Waals surface area contributed by atoms with E-state index in [0.29, 0.717) is 25.6 Å². The molecule has 2 amide bonds. The lowest BCUT2D eigenvalue weighted by atomic mass is 10.1. The summed E-state index contributed by atoms with van der Waals surface area (Å²) in [6.07, 6.45) is 0.715. The van der Waals surface area contributed by atoms with Crippen molar-refractivity contribution in [2.75, 3.05) is 31.6 Å². The third kappa shape index (κ3) is 4.82. The summed E-state index contributed by atoms with van der Waals surface area (Å²) in [6.45, 7) is 4.66. The minimum atomic E-state index is -0.858. The van der Waals surface area contributed by atoms with Crippen LogP contribution in [-0.4, -0.2) is 55.1 Å². The van der Waals surface area contributed by atoms with Gasteiger partial charge in [-0.15, -0.1) is 0 Å². The number of nitrogens with zero attached hydrogens (tertiary/aromatic N) is 1. The Bertz CT molecular complexity index is 754. The van der Waals surface area contributed by atoms with Gasteiger partial charge in [-0.1, -0.05) is 6.92 Å². The molecular weight excluding hydrogens is 355 g/mol. The fraction of sp³-hybridized carbons (Fsp3) is 0.526. The van der Waals surface area contributed by atoms with Crippen molar-refractivity contribution in [1.29, 1.82) is 0 Å². The number of esters is 1. The smallest absolute Gasteiger partial charge is 0.340 e. The molecule has 3 atom stereocenters. The monoisotopic (exact) mass is 378 g/mol. The molecular formula is C19H23FN2O5. The lowest BCUT2D eigenvalue weighted by Gasteiger charge is -2.30. The second-order valence-corrected chi connectivity index (χ2v) is 7.10. The average Bonchev–Trinajstić information content (AvgIpc) is 3.37. The first-order chi connectivity index (χ1) is 12.8. The molecule has 1 heterocycles. The molecule has 2 aliphatic rings. The molecule has 2 fully saturated rings. The van der Waals surface area contributed by atoms with Crippen LogP contribution in [0.1, 0.15) is 30.6 Å². The summed E-state index contributed by atoms with van der Waals surface area (Å²) in [5, 5.41) is 2.65. The van der Waals surface area contributed by atoms with Crippen molar-refractivity contribution in [2.45, 2.75) is 26.4 Å². The van der Waals surface area contributed by atoms with Crippen LogP contribution in [0.5, 0.6) is 0 Å². The van der Waals surface area contributed by atoms with Gasteiger partial charge in [-0.25, -0.2) is 9.18 Å². The molecule has 3 rings (SSSR count). The van der Waals surface area contributed by atoms with Gasteiger partial charge in [0, 0.05) is 19.0 Å². The van der Waals surface area contributed by atoms with Crippen molar-refractivity contribution in [3.05, 3.63) is 29.6 Å². The van der Waals surface area contributed by atoms with Gasteiger partial charge in [0.05, 0.1) is 24.0 Å². The van der Waals surface area contributed by atoms with Gasteiger partial charge < -0.3 is 19.7 Å². The van der Waals surface area contributed by atoms with E-state index in [-0.39, 0.29) is 35.1 Å². The summed E-state index contributed by atoms with van der Waals surface area (Å²) < 4.78 is 24.0. The van der Waals surface area contributed by atoms with Crippen LogP contribution in [0.2, 0.25) is 0 Å². The number of halogens is 1. The standard InChI is InChI=1S/C19H23FN2O5/c1-11-7-14(11)18(24)21-16-4-3-13(20)8-15(16)19(25)27-10-17(23)22-5-6-26-12(2)9-22/h3-4,8,11-12,14H,5-7,9-10H2,1-2H3,(H,21,24)/t11-,12+,14-/m0/s1. The van der Waals surface area contributed by atoms with E-state index in [2.05, 4.69) is 5.32 Å². The lowest BCUT2D eigenvalue weighted by Crippen LogP contribution is -2.46. The summed E-state index contributed by atoms with van der Waals surface area (Å²) in [5.41, 5.74) is 0.0674. The highest BCUT2D eigenvalue weighted by Crippen LogP contribution is 2.38. The van der Waals surface area contributed by atoms with Crippen molar-refractivity contribution in [2.24, 2.45) is 11.8 Å². The Morgan fingerprint density at radius 3 is 2.74 bits per heavy atom. The first-order valence-corrected chi connectivity index (χ1v) is 9.02. The highest BCUT2D eigenvalue weighted by atomic mass is 19.1. The Labute approximate surface area is 156 Å². The van der Waals surface area contributed by atoms with Gasteiger partial charge in [-0.3, -0.25) is 9.59 Å². The number of benzene rings is 1. The molecule has 0 unspecified atom stereocenters. The van der Waals surface area contributed by atoms with Crippen molar-refractivity contribution in [1.82, 2.24) is 4.90 Å². The molecule has 27 heavy (non-hydrogen) atoms. The molecule has 7 nitrogen and oxygen atoms in total. The minimum Gasteiger partial charge on any atom is -0.452 e. The van der Waals surface area contributed by atoms with E-state index < -0.39 is 18.4 Å². The number of rotatable bonds is 5. The van der Waals surface area contributed by atoms with Crippen LogP contribution in [0.25, 0.3) is 0 Å². The quantitative estimate of drug-likeness (QED) is 0.790. The predicted octanol–water partition coefficient (Wildman–Crippen LogP) is 1.82. The third-order valence-corrected chi connectivity index (χ3v) is 4.83. The largest absolute Gasteiger partial charge is 0.452 e. The van der Waals surface area contributed by atoms with Crippen molar-refractivity contribution in [3.8, 4) is 0 Å². The van der Waals surface area contributed by atoms with Crippen LogP contribution >= 0.6 is 0 Å². The first kappa shape index (κ1) is 19.3. The number of hydrogen-bond acceptors (Lipinski definition) is 5. The van der Waals surface area contributed by atoms with Gasteiger partial charge in [0.25, 0.3) is 5.91 Å². The molecule has 0 spiro atoms. The molecule has 0 radical (unpaired) electrons. The number of hydrogen-bond donors (Lipinski definition) is 1. The fourth-order valence-corrected chi connectivity index (χ4v) is 3.05. The van der Waals surface area contributed by atoms with E-state index in [1.54, 1.807) is 4.90 Å². The number of ether oxygens (including phenoxy) is 2. The zero-order chi connectivity index (χ0) is 19.6. The minimum absolute atomic E-state index is 0.0757. The molecule has 146 valence electrons. The first-order valence-electron chi connectivity index (χ1n) is 9.02. The summed E-state index contributed by atoms with van der Waals surface area (Å²) in [4.78, 5) is 38.2. The van der Waals surface area contributed by atoms with Crippen molar-refractivity contribution >= 4 is 23.5 Å². The van der Waals surface area contributed by atoms with Crippen LogP contribution in [0.4, 0.5) is 10.1 Å². The molecule has 1 aromatic rings. The van der Waals surface area contributed by atoms with Gasteiger partial charge >= 0.3 is 5.97 Å². The number of carbonyl (C=O) groups excluding carboxylic acids is 3. The molecule has 1 N–H and O–H groups in total. The Balaban J connectivity index is 1.62. The zero-order valence-corrected chi connectivity index (χ0v) is 15.4. The van der Waals surface area contributed by atoms with Crippen molar-refractivity contribution in [3.63, 3.8) is 0 Å². The van der Waals surface area contributed by atoms with Crippen molar-refractivity contribution < 1.29 is 28.2 Å². The van der Waals surface area contributed by atoms with Gasteiger partial charge in [0.2, 0.25) is 5.91 Å². The van der Waals surface area contributed by atoms with Gasteiger partial charge in [0.15, 0.2) is 6.61 Å². The van der Waals surface area contributed by atoms with Gasteiger partial charge in [-0.2, -0.15) is 0 Å². The Hall–Kier alpha value is -2.48. The van der Waals surface area contributed by atoms with E-state index in [0.717, 1.165) is 18.6 Å². The molecule has 1 aliphatic carbocycles. The second-order valence-electron chi connectivity index (χ2n) is 7.10. The Kier molecular flexibility index (Phi) is 5.74. The molecule has 1 aromatic carbocycles. The van der Waals surface area contributed by atoms with E-state index in [1.165, 1.54) is 6.07 Å². The summed E-state index contributed by atoms with van der Waals surface area (Å²) in [7, 11) is 0. The van der Waals surface area contributed by atoms with Crippen LogP contribution in [0, 0.1) is 17.7 Å². The topological polar surface area (TPSA) is 84.9 Å². The summed E-state index contributed by atoms with van der Waals surface area (Å²) >= 11 is 0. The zero-order valence-electron chi connectivity index (χ0n) is 15.4. The maximum Gasteiger partial charge on any atom is 0.340 e. The fourth-order valence-electron chi connectivity index (χ4n) is 3.05. The predicted molar refractivity (Wildman–Crippen MR) is 94.6 cm³/mol. The summed E-state index contributed by atoms with van der Waals surface area (Å²) in [5.74, 6) is -1.83. The highest BCUT2D eigenvalue weighted by molar-refractivity contribution is 6.03. The molecule has 0 bridgehead atoms. The molecule has 1 saturated heterocycles. The number of anilines is 1. The second kappa shape index (κ2) is 8.04. The van der Waals surface area contributed by atoms with Crippen LogP contribution in [0.3, 0.4) is 0 Å². The third-order valence-electron chi connectivity index (χ3n) is 4.83. The lowest BCUT2D eigenvalue weighted by molar-refractivity contribution is -0.141. The van der Waals surface area contributed by atoms with Crippen LogP contribution in [0.15, 0.2) is 18.2 Å². The SMILES string of the molecule is C[C@@H]1CN(C(=O)COC(=O)c2cc(F)ccc2NC(=O)[C@H]2C[C@@H]2C)CCO1. The van der Waals surface area contributed by atoms with Gasteiger partial charge in [0.1, 0.15) is 5.82 Å². The molecule has 1 aliphatic heterocycles. The summed E-state index contributed by atoms with van der Waals surface area (Å²) in [6, 6.07) is 3.47.